The maximum absolute atomic E-state index is 11.9. The predicted molar refractivity (Wildman–Crippen MR) is 80.3 cm³/mol. The van der Waals surface area contributed by atoms with Gasteiger partial charge in [-0.3, -0.25) is 0 Å². The Labute approximate surface area is 127 Å². The summed E-state index contributed by atoms with van der Waals surface area (Å²) in [7, 11) is -3.07. The topological polar surface area (TPSA) is 75.3 Å². The van der Waals surface area contributed by atoms with Gasteiger partial charge in [0.15, 0.2) is 9.84 Å². The van der Waals surface area contributed by atoms with E-state index in [0.29, 0.717) is 22.2 Å². The summed E-state index contributed by atoms with van der Waals surface area (Å²) in [6, 6.07) is 4.24. The number of carbonyl (C=O) groups excluding carboxylic acids is 1. The van der Waals surface area contributed by atoms with E-state index >= 15 is 0 Å². The van der Waals surface area contributed by atoms with E-state index in [1.165, 1.54) is 6.07 Å². The van der Waals surface area contributed by atoms with Gasteiger partial charge in [-0.25, -0.2) is 13.2 Å². The van der Waals surface area contributed by atoms with Crippen molar-refractivity contribution in [2.45, 2.75) is 18.9 Å². The first kappa shape index (κ1) is 15.4. The molecule has 0 radical (unpaired) electrons. The molecule has 1 aromatic carbocycles. The summed E-state index contributed by atoms with van der Waals surface area (Å²) in [6.07, 6.45) is 0.407. The lowest BCUT2D eigenvalue weighted by Crippen LogP contribution is -2.48. The van der Waals surface area contributed by atoms with Gasteiger partial charge in [0.05, 0.1) is 27.1 Å². The molecule has 1 aliphatic heterocycles. The Morgan fingerprint density at radius 3 is 2.55 bits per heavy atom. The van der Waals surface area contributed by atoms with E-state index in [1.54, 1.807) is 19.1 Å². The molecule has 5 nitrogen and oxygen atoms in total. The van der Waals surface area contributed by atoms with Crippen LogP contribution in [0.5, 0.6) is 0 Å². The predicted octanol–water partition coefficient (Wildman–Crippen LogP) is 2.69. The summed E-state index contributed by atoms with van der Waals surface area (Å²) in [6.45, 7) is 1.71. The summed E-state index contributed by atoms with van der Waals surface area (Å²) in [4.78, 5) is 11.9. The van der Waals surface area contributed by atoms with Crippen molar-refractivity contribution in [3.05, 3.63) is 28.2 Å². The van der Waals surface area contributed by atoms with Crippen LogP contribution in [0, 0.1) is 0 Å². The average molecular weight is 337 g/mol. The van der Waals surface area contributed by atoms with Gasteiger partial charge in [-0.2, -0.15) is 0 Å². The van der Waals surface area contributed by atoms with Crippen molar-refractivity contribution >= 4 is 44.8 Å². The number of rotatable bonds is 2. The van der Waals surface area contributed by atoms with Gasteiger partial charge in [-0.15, -0.1) is 0 Å². The van der Waals surface area contributed by atoms with E-state index in [9.17, 15) is 13.2 Å². The van der Waals surface area contributed by atoms with Crippen molar-refractivity contribution < 1.29 is 13.2 Å². The molecular formula is C12H14Cl2N2O3S. The van der Waals surface area contributed by atoms with Crippen LogP contribution >= 0.6 is 23.2 Å². The molecule has 2 rings (SSSR count). The molecule has 2 amide bonds. The number of carbonyl (C=O) groups is 1. The van der Waals surface area contributed by atoms with Crippen molar-refractivity contribution in [1.82, 2.24) is 5.32 Å². The maximum Gasteiger partial charge on any atom is 0.319 e. The van der Waals surface area contributed by atoms with Gasteiger partial charge >= 0.3 is 6.03 Å². The van der Waals surface area contributed by atoms with Gasteiger partial charge in [0.25, 0.3) is 0 Å². The zero-order valence-corrected chi connectivity index (χ0v) is 13.1. The highest BCUT2D eigenvalue weighted by molar-refractivity contribution is 7.91. The third-order valence-electron chi connectivity index (χ3n) is 3.10. The molecule has 0 aliphatic carbocycles. The Hall–Kier alpha value is -0.980. The number of hydrogen-bond acceptors (Lipinski definition) is 3. The normalized spacial score (nSPS) is 24.4. The van der Waals surface area contributed by atoms with E-state index in [4.69, 9.17) is 23.2 Å². The molecule has 8 heteroatoms. The van der Waals surface area contributed by atoms with E-state index in [2.05, 4.69) is 10.6 Å². The van der Waals surface area contributed by atoms with E-state index in [0.717, 1.165) is 0 Å². The highest BCUT2D eigenvalue weighted by atomic mass is 35.5. The molecule has 2 N–H and O–H groups in total. The second-order valence-corrected chi connectivity index (χ2v) is 8.11. The smallest absolute Gasteiger partial charge is 0.319 e. The number of hydrogen-bond donors (Lipinski definition) is 2. The standard InChI is InChI=1S/C12H14Cl2N2O3S/c1-12(4-5-20(18,19)7-12)16-11(17)15-8-2-3-9(13)10(14)6-8/h2-3,6H,4-5,7H2,1H3,(H2,15,16,17)/t12-/m1/s1. The number of halogens is 2. The Morgan fingerprint density at radius 2 is 2.00 bits per heavy atom. The summed E-state index contributed by atoms with van der Waals surface area (Å²) in [5.41, 5.74) is -0.250. The molecule has 110 valence electrons. The molecule has 1 atom stereocenters. The Kier molecular flexibility index (Phi) is 4.18. The maximum atomic E-state index is 11.9. The van der Waals surface area contributed by atoms with Crippen LogP contribution in [-0.2, 0) is 9.84 Å². The van der Waals surface area contributed by atoms with Crippen LogP contribution in [0.1, 0.15) is 13.3 Å². The zero-order chi connectivity index (χ0) is 15.0. The fraction of sp³-hybridized carbons (Fsp3) is 0.417. The molecule has 0 saturated carbocycles. The number of anilines is 1. The molecule has 0 unspecified atom stereocenters. The number of amides is 2. The number of sulfone groups is 1. The van der Waals surface area contributed by atoms with Crippen LogP contribution in [0.2, 0.25) is 10.0 Å². The first-order chi connectivity index (χ1) is 9.19. The Bertz CT molecular complexity index is 648. The van der Waals surface area contributed by atoms with Crippen LogP contribution in [0.15, 0.2) is 18.2 Å². The number of nitrogens with one attached hydrogen (secondary N) is 2. The first-order valence-electron chi connectivity index (χ1n) is 5.94. The molecule has 1 fully saturated rings. The monoisotopic (exact) mass is 336 g/mol. The second-order valence-electron chi connectivity index (χ2n) is 5.11. The van der Waals surface area contributed by atoms with E-state index < -0.39 is 21.4 Å². The number of urea groups is 1. The summed E-state index contributed by atoms with van der Waals surface area (Å²) >= 11 is 11.6. The van der Waals surface area contributed by atoms with Crippen molar-refractivity contribution in [3.8, 4) is 0 Å². The minimum Gasteiger partial charge on any atom is -0.332 e. The SMILES string of the molecule is C[C@@]1(NC(=O)Nc2ccc(Cl)c(Cl)c2)CCS(=O)(=O)C1. The third kappa shape index (κ3) is 3.77. The van der Waals surface area contributed by atoms with Gasteiger partial charge in [-0.1, -0.05) is 23.2 Å². The fourth-order valence-electron chi connectivity index (χ4n) is 2.12. The molecule has 20 heavy (non-hydrogen) atoms. The van der Waals surface area contributed by atoms with E-state index in [-0.39, 0.29) is 11.5 Å². The summed E-state index contributed by atoms with van der Waals surface area (Å²) < 4.78 is 22.9. The highest BCUT2D eigenvalue weighted by Crippen LogP contribution is 2.26. The molecule has 1 heterocycles. The average Bonchev–Trinajstić information content (AvgIpc) is 2.57. The zero-order valence-electron chi connectivity index (χ0n) is 10.7. The van der Waals surface area contributed by atoms with Gasteiger partial charge in [0, 0.05) is 5.69 Å². The van der Waals surface area contributed by atoms with Crippen molar-refractivity contribution in [2.24, 2.45) is 0 Å². The van der Waals surface area contributed by atoms with Crippen LogP contribution in [0.4, 0.5) is 10.5 Å². The van der Waals surface area contributed by atoms with Crippen LogP contribution in [0.3, 0.4) is 0 Å². The van der Waals surface area contributed by atoms with Crippen LogP contribution in [0.25, 0.3) is 0 Å². The number of benzene rings is 1. The molecule has 1 saturated heterocycles. The molecule has 0 aromatic heterocycles. The highest BCUT2D eigenvalue weighted by Gasteiger charge is 2.39. The van der Waals surface area contributed by atoms with E-state index in [1.807, 2.05) is 0 Å². The molecule has 1 aromatic rings. The Morgan fingerprint density at radius 1 is 1.30 bits per heavy atom. The van der Waals surface area contributed by atoms with Gasteiger partial charge in [0.2, 0.25) is 0 Å². The largest absolute Gasteiger partial charge is 0.332 e. The lowest BCUT2D eigenvalue weighted by Gasteiger charge is -2.24. The van der Waals surface area contributed by atoms with Crippen LogP contribution < -0.4 is 10.6 Å². The van der Waals surface area contributed by atoms with Crippen LogP contribution in [-0.4, -0.2) is 31.5 Å². The van der Waals surface area contributed by atoms with Crippen molar-refractivity contribution in [2.75, 3.05) is 16.8 Å². The second kappa shape index (κ2) is 5.42. The summed E-state index contributed by atoms with van der Waals surface area (Å²) in [5, 5.41) is 6.02. The quantitative estimate of drug-likeness (QED) is 0.871. The first-order valence-corrected chi connectivity index (χ1v) is 8.52. The molecule has 1 aliphatic rings. The van der Waals surface area contributed by atoms with Crippen molar-refractivity contribution in [3.63, 3.8) is 0 Å². The Balaban J connectivity index is 2.01. The molecule has 0 spiro atoms. The lowest BCUT2D eigenvalue weighted by molar-refractivity contribution is 0.242. The molecule has 0 bridgehead atoms. The van der Waals surface area contributed by atoms with Crippen molar-refractivity contribution in [1.29, 1.82) is 0 Å². The fourth-order valence-corrected chi connectivity index (χ4v) is 4.51. The minimum absolute atomic E-state index is 0.0468. The summed E-state index contributed by atoms with van der Waals surface area (Å²) in [5.74, 6) is 0.0470. The van der Waals surface area contributed by atoms with Gasteiger partial charge in [0.1, 0.15) is 0 Å². The molecular weight excluding hydrogens is 323 g/mol. The third-order valence-corrected chi connectivity index (χ3v) is 5.74. The van der Waals surface area contributed by atoms with Gasteiger partial charge < -0.3 is 10.6 Å². The lowest BCUT2D eigenvalue weighted by atomic mass is 10.0. The van der Waals surface area contributed by atoms with Gasteiger partial charge in [-0.05, 0) is 31.5 Å². The minimum atomic E-state index is -3.07.